The molecule has 3 aliphatic rings. The number of hydrogen-bond donors (Lipinski definition) is 0. The minimum Gasteiger partial charge on any atom is -0.483 e. The number of benzene rings is 1. The van der Waals surface area contributed by atoms with Gasteiger partial charge in [0.15, 0.2) is 5.76 Å². The molecule has 35 heavy (non-hydrogen) atoms. The molecule has 2 aliphatic carbocycles. The molecule has 1 aliphatic heterocycles. The molecule has 0 N–H and O–H groups in total. The number of rotatable bonds is 2. The van der Waals surface area contributed by atoms with Crippen molar-refractivity contribution in [2.75, 3.05) is 13.2 Å². The molecule has 0 amide bonds. The fourth-order valence-electron chi connectivity index (χ4n) is 5.89. The number of allylic oxidation sites excluding steroid dienone is 4. The highest BCUT2D eigenvalue weighted by Gasteiger charge is 2.68. The van der Waals surface area contributed by atoms with E-state index in [-0.39, 0.29) is 41.6 Å². The van der Waals surface area contributed by atoms with E-state index < -0.39 is 40.7 Å². The number of fused-ring (bicyclic) bond motifs is 4. The van der Waals surface area contributed by atoms with Crippen LogP contribution in [0.1, 0.15) is 24.5 Å². The van der Waals surface area contributed by atoms with Crippen molar-refractivity contribution in [3.63, 3.8) is 0 Å². The number of furan rings is 1. The highest BCUT2D eigenvalue weighted by molar-refractivity contribution is 7.20. The van der Waals surface area contributed by atoms with Gasteiger partial charge in [-0.25, -0.2) is 0 Å². The standard InChI is InChI=1S/C25H18F6O3S/c1-23(2)17-15(14-9-11-5-3-4-6-13(11)35-14)16(22-21-12(10-34-22)32-7-8-33-21)18(23)20(25(29,30)31)19(17)24(26,27)28/h3-6,9-10,17-18H,7-8H2,1-2H3. The Balaban J connectivity index is 1.69. The summed E-state index contributed by atoms with van der Waals surface area (Å²) >= 11 is 1.25. The van der Waals surface area contributed by atoms with Crippen LogP contribution in [0.5, 0.6) is 11.5 Å². The minimum absolute atomic E-state index is 0.00398. The molecule has 2 aromatic heterocycles. The van der Waals surface area contributed by atoms with E-state index in [0.29, 0.717) is 4.88 Å². The number of halogens is 6. The van der Waals surface area contributed by atoms with Crippen LogP contribution in [-0.4, -0.2) is 25.6 Å². The van der Waals surface area contributed by atoms with Crippen molar-refractivity contribution < 1.29 is 40.2 Å². The summed E-state index contributed by atoms with van der Waals surface area (Å²) in [6.45, 7) is 3.30. The van der Waals surface area contributed by atoms with Crippen molar-refractivity contribution in [3.05, 3.63) is 58.4 Å². The lowest BCUT2D eigenvalue weighted by molar-refractivity contribution is -0.117. The van der Waals surface area contributed by atoms with Gasteiger partial charge in [0, 0.05) is 32.6 Å². The molecule has 1 aromatic carbocycles. The second-order valence-electron chi connectivity index (χ2n) is 9.44. The fourth-order valence-corrected chi connectivity index (χ4v) is 7.04. The molecular formula is C25H18F6O3S. The van der Waals surface area contributed by atoms with Gasteiger partial charge in [-0.2, -0.15) is 26.3 Å². The first-order chi connectivity index (χ1) is 16.4. The highest BCUT2D eigenvalue weighted by atomic mass is 32.1. The van der Waals surface area contributed by atoms with Gasteiger partial charge in [0.1, 0.15) is 19.5 Å². The van der Waals surface area contributed by atoms with E-state index in [4.69, 9.17) is 13.9 Å². The smallest absolute Gasteiger partial charge is 0.413 e. The second-order valence-corrected chi connectivity index (χ2v) is 10.5. The van der Waals surface area contributed by atoms with Crippen LogP contribution in [-0.2, 0) is 0 Å². The molecule has 0 spiro atoms. The third-order valence-electron chi connectivity index (χ3n) is 7.07. The number of ether oxygens (including phenoxy) is 2. The average molecular weight is 512 g/mol. The van der Waals surface area contributed by atoms with Crippen molar-refractivity contribution in [2.45, 2.75) is 26.2 Å². The molecule has 0 fully saturated rings. The molecule has 3 nitrogen and oxygen atoms in total. The molecule has 6 rings (SSSR count). The van der Waals surface area contributed by atoms with Crippen LogP contribution in [0.2, 0.25) is 0 Å². The van der Waals surface area contributed by atoms with Gasteiger partial charge < -0.3 is 13.9 Å². The second kappa shape index (κ2) is 7.09. The summed E-state index contributed by atoms with van der Waals surface area (Å²) < 4.78 is 104. The molecule has 10 heteroatoms. The zero-order chi connectivity index (χ0) is 24.9. The van der Waals surface area contributed by atoms with Gasteiger partial charge in [-0.15, -0.1) is 11.3 Å². The molecule has 0 saturated carbocycles. The normalized spacial score (nSPS) is 23.7. The first-order valence-electron chi connectivity index (χ1n) is 10.9. The quantitative estimate of drug-likeness (QED) is 0.259. The summed E-state index contributed by atoms with van der Waals surface area (Å²) in [5.74, 6) is -2.77. The molecule has 3 heterocycles. The van der Waals surface area contributed by atoms with Crippen molar-refractivity contribution in [3.8, 4) is 11.5 Å². The van der Waals surface area contributed by atoms with Crippen LogP contribution >= 0.6 is 11.3 Å². The SMILES string of the molecule is CC1(C)C2C(c3cc4ccccc4s3)=C(c3occ4c3OCCO4)C1C(C(F)(F)F)=C2C(F)(F)F. The van der Waals surface area contributed by atoms with Gasteiger partial charge in [0.05, 0.1) is 5.57 Å². The Hall–Kier alpha value is -2.88. The van der Waals surface area contributed by atoms with Crippen molar-refractivity contribution >= 4 is 32.6 Å². The Morgan fingerprint density at radius 3 is 2.17 bits per heavy atom. The van der Waals surface area contributed by atoms with Gasteiger partial charge in [0.2, 0.25) is 11.5 Å². The number of alkyl halides is 6. The predicted octanol–water partition coefficient (Wildman–Crippen LogP) is 7.88. The summed E-state index contributed by atoms with van der Waals surface area (Å²) in [4.78, 5) is 0.478. The lowest BCUT2D eigenvalue weighted by Gasteiger charge is -2.29. The molecule has 0 saturated heterocycles. The first kappa shape index (κ1) is 22.6. The molecular weight excluding hydrogens is 494 g/mol. The average Bonchev–Trinajstić information content (AvgIpc) is 3.49. The van der Waals surface area contributed by atoms with E-state index in [9.17, 15) is 26.3 Å². The van der Waals surface area contributed by atoms with E-state index >= 15 is 0 Å². The molecule has 2 bridgehead atoms. The summed E-state index contributed by atoms with van der Waals surface area (Å²) in [5, 5.41) is 0.801. The Labute approximate surface area is 199 Å². The zero-order valence-electron chi connectivity index (χ0n) is 18.4. The number of hydrogen-bond acceptors (Lipinski definition) is 4. The minimum atomic E-state index is -5.18. The Bertz CT molecular complexity index is 1390. The van der Waals surface area contributed by atoms with Crippen LogP contribution in [0.4, 0.5) is 26.3 Å². The lowest BCUT2D eigenvalue weighted by Crippen LogP contribution is -2.27. The van der Waals surface area contributed by atoms with Crippen LogP contribution in [0.25, 0.3) is 21.2 Å². The van der Waals surface area contributed by atoms with Gasteiger partial charge >= 0.3 is 12.4 Å². The van der Waals surface area contributed by atoms with Gasteiger partial charge in [-0.05, 0) is 28.5 Å². The van der Waals surface area contributed by atoms with Crippen molar-refractivity contribution in [1.29, 1.82) is 0 Å². The summed E-state index contributed by atoms with van der Waals surface area (Å²) in [6, 6.07) is 8.99. The van der Waals surface area contributed by atoms with Crippen LogP contribution in [0.3, 0.4) is 0 Å². The van der Waals surface area contributed by atoms with Crippen LogP contribution in [0, 0.1) is 17.3 Å². The summed E-state index contributed by atoms with van der Waals surface area (Å²) in [7, 11) is 0. The maximum atomic E-state index is 14.3. The first-order valence-corrected chi connectivity index (χ1v) is 11.7. The highest BCUT2D eigenvalue weighted by Crippen LogP contribution is 2.73. The Kier molecular flexibility index (Phi) is 4.57. The predicted molar refractivity (Wildman–Crippen MR) is 118 cm³/mol. The van der Waals surface area contributed by atoms with Crippen LogP contribution in [0.15, 0.2) is 52.2 Å². The van der Waals surface area contributed by atoms with Gasteiger partial charge in [-0.1, -0.05) is 32.0 Å². The molecule has 2 unspecified atom stereocenters. The lowest BCUT2D eigenvalue weighted by atomic mass is 9.75. The topological polar surface area (TPSA) is 31.6 Å². The maximum absolute atomic E-state index is 14.3. The largest absolute Gasteiger partial charge is 0.483 e. The monoisotopic (exact) mass is 512 g/mol. The van der Waals surface area contributed by atoms with Crippen LogP contribution < -0.4 is 9.47 Å². The molecule has 184 valence electrons. The van der Waals surface area contributed by atoms with E-state index in [2.05, 4.69) is 0 Å². The maximum Gasteiger partial charge on any atom is 0.413 e. The van der Waals surface area contributed by atoms with Crippen molar-refractivity contribution in [1.82, 2.24) is 0 Å². The number of thiophene rings is 1. The molecule has 0 radical (unpaired) electrons. The molecule has 2 atom stereocenters. The van der Waals surface area contributed by atoms with Crippen molar-refractivity contribution in [2.24, 2.45) is 17.3 Å². The Morgan fingerprint density at radius 1 is 0.886 bits per heavy atom. The third-order valence-corrected chi connectivity index (χ3v) is 8.22. The van der Waals surface area contributed by atoms with Gasteiger partial charge in [0.25, 0.3) is 0 Å². The van der Waals surface area contributed by atoms with E-state index in [0.717, 1.165) is 10.1 Å². The van der Waals surface area contributed by atoms with Gasteiger partial charge in [-0.3, -0.25) is 0 Å². The third kappa shape index (κ3) is 3.11. The zero-order valence-corrected chi connectivity index (χ0v) is 19.3. The molecule has 3 aromatic rings. The Morgan fingerprint density at radius 2 is 1.51 bits per heavy atom. The van der Waals surface area contributed by atoms with E-state index in [1.165, 1.54) is 31.4 Å². The fraction of sp³-hybridized carbons (Fsp3) is 0.360. The summed E-state index contributed by atoms with van der Waals surface area (Å²) in [5.41, 5.74) is -4.20. The summed E-state index contributed by atoms with van der Waals surface area (Å²) in [6.07, 6.45) is -9.10. The van der Waals surface area contributed by atoms with E-state index in [1.54, 1.807) is 18.2 Å². The van der Waals surface area contributed by atoms with E-state index in [1.807, 2.05) is 12.1 Å².